The van der Waals surface area contributed by atoms with Gasteiger partial charge in [0.25, 0.3) is 0 Å². The first-order chi connectivity index (χ1) is 27.3. The molecule has 0 amide bonds. The summed E-state index contributed by atoms with van der Waals surface area (Å²) in [6.45, 7) is 12.8. The number of benzene rings is 3. The topological polar surface area (TPSA) is 146 Å². The third kappa shape index (κ3) is 10.4. The molecule has 0 aliphatic rings. The summed E-state index contributed by atoms with van der Waals surface area (Å²) in [5.41, 5.74) is 1.50. The van der Waals surface area contributed by atoms with Crippen LogP contribution in [0.5, 0.6) is 17.4 Å². The maximum absolute atomic E-state index is 15.7. The number of hydrogen-bond donors (Lipinski definition) is 0. The van der Waals surface area contributed by atoms with Gasteiger partial charge in [-0.05, 0) is 110 Å². The Hall–Kier alpha value is -5.78. The minimum Gasteiger partial charge on any atom is -0.497 e. The van der Waals surface area contributed by atoms with E-state index in [4.69, 9.17) is 18.9 Å². The normalized spacial score (nSPS) is 12.1. The number of methoxy groups -OCH3 is 2. The lowest BCUT2D eigenvalue weighted by Gasteiger charge is -2.26. The minimum absolute atomic E-state index is 0.00537. The lowest BCUT2D eigenvalue weighted by atomic mass is 9.86. The number of ether oxygens (including phenoxy) is 4. The van der Waals surface area contributed by atoms with E-state index < -0.39 is 32.9 Å². The van der Waals surface area contributed by atoms with E-state index in [0.29, 0.717) is 28.2 Å². The van der Waals surface area contributed by atoms with Crippen LogP contribution in [0.1, 0.15) is 82.2 Å². The maximum atomic E-state index is 15.7. The van der Waals surface area contributed by atoms with Crippen LogP contribution in [0, 0.1) is 17.1 Å². The molecule has 58 heavy (non-hydrogen) atoms. The van der Waals surface area contributed by atoms with E-state index in [9.17, 15) is 18.5 Å². The van der Waals surface area contributed by atoms with Crippen molar-refractivity contribution in [3.63, 3.8) is 0 Å². The molecule has 0 bridgehead atoms. The highest BCUT2D eigenvalue weighted by atomic mass is 32.2. The average molecular weight is 812 g/mol. The second-order valence-electron chi connectivity index (χ2n) is 15.8. The molecular formula is C44H50FN5O7S. The van der Waals surface area contributed by atoms with E-state index in [1.807, 2.05) is 44.2 Å². The summed E-state index contributed by atoms with van der Waals surface area (Å²) in [5.74, 6) is -0.00879. The Kier molecular flexibility index (Phi) is 13.3. The minimum atomic E-state index is -4.06. The number of esters is 1. The lowest BCUT2D eigenvalue weighted by Crippen LogP contribution is -2.34. The van der Waals surface area contributed by atoms with Gasteiger partial charge in [0.05, 0.1) is 37.9 Å². The molecule has 12 nitrogen and oxygen atoms in total. The van der Waals surface area contributed by atoms with Gasteiger partial charge in [0.2, 0.25) is 15.9 Å². The van der Waals surface area contributed by atoms with E-state index in [-0.39, 0.29) is 53.9 Å². The number of carbonyl (C=O) groups is 1. The number of nitrogens with zero attached hydrogens (tertiary/aromatic N) is 5. The maximum Gasteiger partial charge on any atom is 0.310 e. The third-order valence-electron chi connectivity index (χ3n) is 9.32. The lowest BCUT2D eigenvalue weighted by molar-refractivity contribution is -0.153. The van der Waals surface area contributed by atoms with Crippen LogP contribution in [0.4, 0.5) is 4.39 Å². The van der Waals surface area contributed by atoms with Gasteiger partial charge in [-0.3, -0.25) is 9.48 Å². The highest BCUT2D eigenvalue weighted by Crippen LogP contribution is 2.36. The Balaban J connectivity index is 1.41. The predicted molar refractivity (Wildman–Crippen MR) is 217 cm³/mol. The molecule has 2 aromatic heterocycles. The van der Waals surface area contributed by atoms with Crippen LogP contribution in [0.3, 0.4) is 0 Å². The number of carbonyl (C=O) groups excluding carboxylic acids is 1. The molecule has 0 aliphatic heterocycles. The van der Waals surface area contributed by atoms with Crippen LogP contribution in [-0.4, -0.2) is 59.9 Å². The van der Waals surface area contributed by atoms with Crippen molar-refractivity contribution < 1.29 is 36.6 Å². The van der Waals surface area contributed by atoms with Gasteiger partial charge in [-0.1, -0.05) is 38.1 Å². The Morgan fingerprint density at radius 3 is 2.03 bits per heavy atom. The Labute approximate surface area is 340 Å². The van der Waals surface area contributed by atoms with Crippen molar-refractivity contribution in [2.75, 3.05) is 20.8 Å². The molecule has 5 aromatic rings. The van der Waals surface area contributed by atoms with Gasteiger partial charge >= 0.3 is 5.97 Å². The fourth-order valence-corrected chi connectivity index (χ4v) is 7.71. The molecule has 0 fully saturated rings. The van der Waals surface area contributed by atoms with Crippen LogP contribution < -0.4 is 14.2 Å². The van der Waals surface area contributed by atoms with Crippen molar-refractivity contribution in [3.05, 3.63) is 119 Å². The average Bonchev–Trinajstić information content (AvgIpc) is 3.70. The largest absolute Gasteiger partial charge is 0.497 e. The van der Waals surface area contributed by atoms with Crippen LogP contribution in [0.25, 0.3) is 11.1 Å². The molecule has 0 unspecified atom stereocenters. The molecule has 2 heterocycles. The molecule has 5 rings (SSSR count). The first kappa shape index (κ1) is 43.3. The van der Waals surface area contributed by atoms with Crippen molar-refractivity contribution >= 4 is 16.0 Å². The van der Waals surface area contributed by atoms with Crippen molar-refractivity contribution in [1.82, 2.24) is 19.1 Å². The summed E-state index contributed by atoms with van der Waals surface area (Å²) in [7, 11) is -0.921. The van der Waals surface area contributed by atoms with E-state index in [0.717, 1.165) is 11.1 Å². The summed E-state index contributed by atoms with van der Waals surface area (Å²) >= 11 is 0. The number of aromatic nitrogens is 3. The van der Waals surface area contributed by atoms with Crippen LogP contribution in [0.15, 0.2) is 90.2 Å². The number of nitriles is 1. The van der Waals surface area contributed by atoms with E-state index in [1.165, 1.54) is 33.6 Å². The summed E-state index contributed by atoms with van der Waals surface area (Å²) in [6.07, 6.45) is 4.12. The van der Waals surface area contributed by atoms with Crippen LogP contribution in [-0.2, 0) is 44.6 Å². The molecule has 3 aromatic carbocycles. The van der Waals surface area contributed by atoms with Gasteiger partial charge < -0.3 is 18.9 Å². The predicted octanol–water partition coefficient (Wildman–Crippen LogP) is 8.19. The zero-order valence-corrected chi connectivity index (χ0v) is 35.2. The van der Waals surface area contributed by atoms with Gasteiger partial charge in [-0.15, -0.1) is 0 Å². The molecule has 14 heteroatoms. The van der Waals surface area contributed by atoms with Crippen molar-refractivity contribution in [3.8, 4) is 34.6 Å². The second-order valence-corrected chi connectivity index (χ2v) is 17.7. The van der Waals surface area contributed by atoms with E-state index in [1.54, 1.807) is 85.2 Å². The van der Waals surface area contributed by atoms with Gasteiger partial charge in [0, 0.05) is 31.5 Å². The summed E-state index contributed by atoms with van der Waals surface area (Å²) in [6, 6.07) is 21.2. The fourth-order valence-electron chi connectivity index (χ4n) is 6.36. The second kappa shape index (κ2) is 17.8. The first-order valence-electron chi connectivity index (χ1n) is 18.7. The fraction of sp³-hybridized carbons (Fsp3) is 0.364. The highest BCUT2D eigenvalue weighted by molar-refractivity contribution is 7.89. The highest BCUT2D eigenvalue weighted by Gasteiger charge is 2.31. The number of sulfonamides is 1. The summed E-state index contributed by atoms with van der Waals surface area (Å²) in [4.78, 5) is 17.5. The smallest absolute Gasteiger partial charge is 0.310 e. The standard InChI is InChI=1S/C44H50FN5O7S/c1-29(2)41-38(22-40(51)57-43(3,4)5)37(20-33(23-46)42(41)45)32-18-19-47-39(21-32)56-28-44(6,7)50-27-36(24-48-50)58(52,53)49(25-30-10-14-34(54-8)15-11-30)26-31-12-16-35(55-9)17-13-31/h10-21,24,27,29H,22,25-26,28H2,1-9H3. The molecule has 0 atom stereocenters. The Bertz CT molecular complexity index is 2330. The van der Waals surface area contributed by atoms with E-state index in [2.05, 4.69) is 10.1 Å². The van der Waals surface area contributed by atoms with Crippen LogP contribution >= 0.6 is 0 Å². The SMILES string of the molecule is COc1ccc(CN(Cc2ccc(OC)cc2)S(=O)(=O)c2cnn(C(C)(C)COc3cc(-c4cc(C#N)c(F)c(C(C)C)c4CC(=O)OC(C)(C)C)ccn3)c2)cc1. The number of hydrogen-bond acceptors (Lipinski definition) is 10. The zero-order chi connectivity index (χ0) is 42.4. The van der Waals surface area contributed by atoms with Crippen molar-refractivity contribution in [2.24, 2.45) is 0 Å². The van der Waals surface area contributed by atoms with Gasteiger partial charge in [0.15, 0.2) is 0 Å². The molecular weight excluding hydrogens is 762 g/mol. The van der Waals surface area contributed by atoms with Gasteiger partial charge in [0.1, 0.15) is 40.5 Å². The van der Waals surface area contributed by atoms with Crippen molar-refractivity contribution in [1.29, 1.82) is 5.26 Å². The number of pyridine rings is 1. The van der Waals surface area contributed by atoms with Gasteiger partial charge in [-0.25, -0.2) is 17.8 Å². The monoisotopic (exact) mass is 811 g/mol. The first-order valence-corrected chi connectivity index (χ1v) is 20.2. The summed E-state index contributed by atoms with van der Waals surface area (Å²) in [5, 5.41) is 14.3. The van der Waals surface area contributed by atoms with E-state index >= 15 is 4.39 Å². The number of halogens is 1. The molecule has 0 saturated heterocycles. The Morgan fingerprint density at radius 1 is 0.931 bits per heavy atom. The molecule has 0 aliphatic carbocycles. The Morgan fingerprint density at radius 2 is 1.52 bits per heavy atom. The quantitative estimate of drug-likeness (QED) is 0.0895. The van der Waals surface area contributed by atoms with Crippen LogP contribution in [0.2, 0.25) is 0 Å². The zero-order valence-electron chi connectivity index (χ0n) is 34.4. The van der Waals surface area contributed by atoms with Crippen molar-refractivity contribution in [2.45, 2.75) is 89.9 Å². The number of rotatable bonds is 16. The van der Waals surface area contributed by atoms with Gasteiger partial charge in [-0.2, -0.15) is 14.7 Å². The molecule has 0 spiro atoms. The molecule has 306 valence electrons. The third-order valence-corrected chi connectivity index (χ3v) is 11.1. The molecule has 0 saturated carbocycles. The molecule has 0 radical (unpaired) electrons. The summed E-state index contributed by atoms with van der Waals surface area (Å²) < 4.78 is 69.5. The molecule has 0 N–H and O–H groups in total.